The third-order valence-electron chi connectivity index (χ3n) is 2.62. The average Bonchev–Trinajstić information content (AvgIpc) is 2.41. The van der Waals surface area contributed by atoms with Gasteiger partial charge in [-0.2, -0.15) is 0 Å². The summed E-state index contributed by atoms with van der Waals surface area (Å²) in [5.74, 6) is 0.149. The predicted molar refractivity (Wildman–Crippen MR) is 89.5 cm³/mol. The van der Waals surface area contributed by atoms with E-state index in [1.807, 2.05) is 0 Å². The van der Waals surface area contributed by atoms with E-state index in [1.54, 1.807) is 24.3 Å². The molecule has 6 nitrogen and oxygen atoms in total. The number of ether oxygens (including phenoxy) is 1. The number of carbonyl (C=O) groups excluding carboxylic acids is 1. The normalized spacial score (nSPS) is 12.1. The minimum atomic E-state index is -3.11. The molecule has 0 fully saturated rings. The molecule has 0 aliphatic carbocycles. The van der Waals surface area contributed by atoms with Gasteiger partial charge in [-0.25, -0.2) is 8.42 Å². The molecule has 1 aromatic carbocycles. The van der Waals surface area contributed by atoms with Crippen molar-refractivity contribution in [3.8, 4) is 5.75 Å². The fourth-order valence-corrected chi connectivity index (χ4v) is 2.29. The van der Waals surface area contributed by atoms with E-state index >= 15 is 0 Å². The summed E-state index contributed by atoms with van der Waals surface area (Å²) in [6.07, 6.45) is 1.21. The average molecular weight is 371 g/mol. The number of halogens is 2. The van der Waals surface area contributed by atoms with E-state index in [0.717, 1.165) is 6.26 Å². The molecule has 1 unspecified atom stereocenters. The molecular weight excluding hydrogens is 351 g/mol. The maximum atomic E-state index is 11.6. The molecule has 0 aromatic heterocycles. The maximum absolute atomic E-state index is 11.6. The lowest BCUT2D eigenvalue weighted by molar-refractivity contribution is -0.122. The summed E-state index contributed by atoms with van der Waals surface area (Å²) >= 11 is 5.74. The lowest BCUT2D eigenvalue weighted by Crippen LogP contribution is -2.42. The van der Waals surface area contributed by atoms with Crippen LogP contribution in [0.5, 0.6) is 5.75 Å². The molecule has 1 rings (SSSR count). The first-order valence-electron chi connectivity index (χ1n) is 6.37. The van der Waals surface area contributed by atoms with Crippen LogP contribution in [0.15, 0.2) is 24.3 Å². The van der Waals surface area contributed by atoms with Crippen LogP contribution in [0, 0.1) is 0 Å². The van der Waals surface area contributed by atoms with Crippen molar-refractivity contribution in [3.63, 3.8) is 0 Å². The first kappa shape index (κ1) is 21.0. The quantitative estimate of drug-likeness (QED) is 0.665. The highest BCUT2D eigenvalue weighted by atomic mass is 35.5. The Bertz CT molecular complexity index is 564. The Hall–Kier alpha value is -1.02. The molecule has 0 saturated carbocycles. The van der Waals surface area contributed by atoms with Gasteiger partial charge in [-0.1, -0.05) is 11.6 Å². The van der Waals surface area contributed by atoms with Gasteiger partial charge in [-0.15, -0.1) is 12.4 Å². The maximum Gasteiger partial charge on any atom is 0.237 e. The van der Waals surface area contributed by atoms with Crippen LogP contribution in [0.3, 0.4) is 0 Å². The molecular formula is C13H20Cl2N2O4S. The van der Waals surface area contributed by atoms with E-state index < -0.39 is 21.8 Å². The smallest absolute Gasteiger partial charge is 0.237 e. The lowest BCUT2D eigenvalue weighted by Gasteiger charge is -2.12. The number of amides is 1. The Kier molecular flexibility index (Phi) is 9.43. The summed E-state index contributed by atoms with van der Waals surface area (Å²) in [7, 11) is -3.11. The largest absolute Gasteiger partial charge is 0.492 e. The van der Waals surface area contributed by atoms with Crippen LogP contribution in [0.4, 0.5) is 0 Å². The molecule has 0 radical (unpaired) electrons. The van der Waals surface area contributed by atoms with Gasteiger partial charge in [0, 0.05) is 11.3 Å². The van der Waals surface area contributed by atoms with Gasteiger partial charge >= 0.3 is 0 Å². The molecule has 22 heavy (non-hydrogen) atoms. The van der Waals surface area contributed by atoms with Crippen molar-refractivity contribution in [1.82, 2.24) is 5.32 Å². The Morgan fingerprint density at radius 1 is 1.36 bits per heavy atom. The van der Waals surface area contributed by atoms with Crippen LogP contribution in [0.1, 0.15) is 6.42 Å². The van der Waals surface area contributed by atoms with Crippen LogP contribution < -0.4 is 15.8 Å². The minimum absolute atomic E-state index is 0. The van der Waals surface area contributed by atoms with Crippen LogP contribution in [0.25, 0.3) is 0 Å². The summed E-state index contributed by atoms with van der Waals surface area (Å²) in [5.41, 5.74) is 5.60. The van der Waals surface area contributed by atoms with Gasteiger partial charge in [0.05, 0.1) is 18.3 Å². The van der Waals surface area contributed by atoms with Crippen molar-refractivity contribution in [2.75, 3.05) is 25.2 Å². The van der Waals surface area contributed by atoms with Gasteiger partial charge in [0.2, 0.25) is 5.91 Å². The second-order valence-electron chi connectivity index (χ2n) is 4.62. The lowest BCUT2D eigenvalue weighted by atomic mass is 10.2. The summed E-state index contributed by atoms with van der Waals surface area (Å²) in [6.45, 7) is 0.570. The molecule has 0 saturated heterocycles. The number of nitrogens with one attached hydrogen (secondary N) is 1. The Morgan fingerprint density at radius 2 is 1.95 bits per heavy atom. The van der Waals surface area contributed by atoms with Gasteiger partial charge in [-0.05, 0) is 30.7 Å². The molecule has 0 heterocycles. The van der Waals surface area contributed by atoms with E-state index in [1.165, 1.54) is 0 Å². The van der Waals surface area contributed by atoms with Gasteiger partial charge in [0.1, 0.15) is 22.2 Å². The van der Waals surface area contributed by atoms with Crippen molar-refractivity contribution in [3.05, 3.63) is 29.3 Å². The highest BCUT2D eigenvalue weighted by molar-refractivity contribution is 7.90. The van der Waals surface area contributed by atoms with Crippen molar-refractivity contribution >= 4 is 39.8 Å². The Balaban J connectivity index is 0.00000441. The third-order valence-corrected chi connectivity index (χ3v) is 3.85. The molecule has 1 atom stereocenters. The fourth-order valence-electron chi connectivity index (χ4n) is 1.48. The Labute approximate surface area is 141 Å². The zero-order chi connectivity index (χ0) is 15.9. The standard InChI is InChI=1S/C13H19ClN2O4S.ClH/c1-21(18,19)9-6-12(15)13(17)16-7-8-20-11-4-2-10(14)3-5-11;/h2-5,12H,6-9,15H2,1H3,(H,16,17);1H. The molecule has 1 aromatic rings. The SMILES string of the molecule is CS(=O)(=O)CCC(N)C(=O)NCCOc1ccc(Cl)cc1.Cl. The van der Waals surface area contributed by atoms with Crippen LogP contribution in [-0.4, -0.2) is 45.5 Å². The molecule has 0 aliphatic rings. The number of hydrogen-bond donors (Lipinski definition) is 2. The molecule has 0 spiro atoms. The molecule has 0 aliphatic heterocycles. The monoisotopic (exact) mass is 370 g/mol. The van der Waals surface area contributed by atoms with Gasteiger partial charge in [-0.3, -0.25) is 4.79 Å². The van der Waals surface area contributed by atoms with Crippen LogP contribution in [0.2, 0.25) is 5.02 Å². The Morgan fingerprint density at radius 3 is 2.50 bits per heavy atom. The van der Waals surface area contributed by atoms with Crippen molar-refractivity contribution in [2.45, 2.75) is 12.5 Å². The van der Waals surface area contributed by atoms with E-state index in [-0.39, 0.29) is 37.7 Å². The van der Waals surface area contributed by atoms with E-state index in [4.69, 9.17) is 22.1 Å². The van der Waals surface area contributed by atoms with E-state index in [2.05, 4.69) is 5.32 Å². The number of hydrogen-bond acceptors (Lipinski definition) is 5. The minimum Gasteiger partial charge on any atom is -0.492 e. The van der Waals surface area contributed by atoms with Crippen LogP contribution >= 0.6 is 24.0 Å². The molecule has 3 N–H and O–H groups in total. The van der Waals surface area contributed by atoms with Gasteiger partial charge in [0.25, 0.3) is 0 Å². The summed E-state index contributed by atoms with van der Waals surface area (Å²) < 4.78 is 27.4. The molecule has 9 heteroatoms. The first-order valence-corrected chi connectivity index (χ1v) is 8.81. The zero-order valence-electron chi connectivity index (χ0n) is 12.1. The first-order chi connectivity index (χ1) is 9.78. The highest BCUT2D eigenvalue weighted by Gasteiger charge is 2.15. The second-order valence-corrected chi connectivity index (χ2v) is 7.31. The number of carbonyl (C=O) groups is 1. The van der Waals surface area contributed by atoms with Crippen LogP contribution in [-0.2, 0) is 14.6 Å². The van der Waals surface area contributed by atoms with E-state index in [0.29, 0.717) is 10.8 Å². The van der Waals surface area contributed by atoms with Gasteiger partial charge in [0.15, 0.2) is 0 Å². The van der Waals surface area contributed by atoms with Gasteiger partial charge < -0.3 is 15.8 Å². The number of benzene rings is 1. The van der Waals surface area contributed by atoms with E-state index in [9.17, 15) is 13.2 Å². The second kappa shape index (κ2) is 9.89. The van der Waals surface area contributed by atoms with Crippen molar-refractivity contribution < 1.29 is 17.9 Å². The summed E-state index contributed by atoms with van der Waals surface area (Å²) in [5, 5.41) is 3.21. The molecule has 126 valence electrons. The fraction of sp³-hybridized carbons (Fsp3) is 0.462. The number of nitrogens with two attached hydrogens (primary N) is 1. The predicted octanol–water partition coefficient (Wildman–Crippen LogP) is 1.02. The third kappa shape index (κ3) is 9.09. The summed E-state index contributed by atoms with van der Waals surface area (Å²) in [6, 6.07) is 6.02. The molecule has 1 amide bonds. The highest BCUT2D eigenvalue weighted by Crippen LogP contribution is 2.15. The number of sulfone groups is 1. The van der Waals surface area contributed by atoms with Crippen molar-refractivity contribution in [2.24, 2.45) is 5.73 Å². The number of rotatable bonds is 8. The topological polar surface area (TPSA) is 98.5 Å². The molecule has 0 bridgehead atoms. The summed E-state index contributed by atoms with van der Waals surface area (Å²) in [4.78, 5) is 11.6. The zero-order valence-corrected chi connectivity index (χ0v) is 14.5. The van der Waals surface area contributed by atoms with Crippen molar-refractivity contribution in [1.29, 1.82) is 0 Å².